The Bertz CT molecular complexity index is 1360. The summed E-state index contributed by atoms with van der Waals surface area (Å²) in [7, 11) is -4.24. The zero-order valence-corrected chi connectivity index (χ0v) is 15.5. The van der Waals surface area contributed by atoms with Crippen molar-refractivity contribution in [3.63, 3.8) is 0 Å². The minimum Gasteiger partial charge on any atom is -0.316 e. The van der Waals surface area contributed by atoms with Gasteiger partial charge in [-0.25, -0.2) is 28.0 Å². The molecule has 0 fully saturated rings. The van der Waals surface area contributed by atoms with Gasteiger partial charge in [0.15, 0.2) is 0 Å². The van der Waals surface area contributed by atoms with Crippen molar-refractivity contribution in [3.8, 4) is 0 Å². The van der Waals surface area contributed by atoms with Crippen molar-refractivity contribution in [2.75, 3.05) is 5.43 Å². The largest absolute Gasteiger partial charge is 0.347 e. The Hall–Kier alpha value is -4.00. The van der Waals surface area contributed by atoms with Gasteiger partial charge in [0.25, 0.3) is 15.7 Å². The third-order valence-electron chi connectivity index (χ3n) is 3.85. The predicted molar refractivity (Wildman–Crippen MR) is 102 cm³/mol. The van der Waals surface area contributed by atoms with E-state index in [0.29, 0.717) is 4.68 Å². The van der Waals surface area contributed by atoms with Crippen LogP contribution in [0.3, 0.4) is 0 Å². The molecule has 150 valence electrons. The number of H-pyrrole nitrogens is 1. The van der Waals surface area contributed by atoms with Crippen LogP contribution in [0.15, 0.2) is 56.9 Å². The molecule has 0 saturated heterocycles. The molecular weight excluding hydrogens is 406 g/mol. The normalized spacial score (nSPS) is 11.2. The number of rotatable bonds is 4. The number of fused-ring (bicyclic) bond motifs is 1. The molecule has 1 heterocycles. The quantitative estimate of drug-likeness (QED) is 0.314. The maximum absolute atomic E-state index is 12.3. The lowest BCUT2D eigenvalue weighted by atomic mass is 10.2. The van der Waals surface area contributed by atoms with E-state index in [9.17, 15) is 32.9 Å². The van der Waals surface area contributed by atoms with Gasteiger partial charge in [-0.2, -0.15) is 0 Å². The highest BCUT2D eigenvalue weighted by Gasteiger charge is 2.19. The molecule has 0 unspecified atom stereocenters. The summed E-state index contributed by atoms with van der Waals surface area (Å²) in [6, 6.07) is 7.52. The van der Waals surface area contributed by atoms with Crippen LogP contribution >= 0.6 is 0 Å². The molecule has 0 aliphatic heterocycles. The van der Waals surface area contributed by atoms with Gasteiger partial charge in [0.05, 0.1) is 20.9 Å². The fourth-order valence-electron chi connectivity index (χ4n) is 2.45. The van der Waals surface area contributed by atoms with Crippen molar-refractivity contribution in [2.24, 2.45) is 0 Å². The standard InChI is InChI=1S/C16H13N5O7S/c1-9-2-5-11(6-3-9)29(27,28)19-16(24)18-20-13-7-4-10(21(25)26)8-12(13)17-14(22)15(20)23/h2-8H,1H3,(H,17,22)(H2,18,19,24). The van der Waals surface area contributed by atoms with Gasteiger partial charge in [-0.1, -0.05) is 17.7 Å². The number of benzene rings is 2. The summed E-state index contributed by atoms with van der Waals surface area (Å²) in [6.07, 6.45) is 0. The second-order valence-electron chi connectivity index (χ2n) is 5.91. The lowest BCUT2D eigenvalue weighted by Gasteiger charge is -2.12. The number of nitro benzene ring substituents is 1. The molecule has 2 aromatic carbocycles. The van der Waals surface area contributed by atoms with Crippen LogP contribution in [0.5, 0.6) is 0 Å². The number of aryl methyl sites for hydroxylation is 1. The fourth-order valence-corrected chi connectivity index (χ4v) is 3.36. The van der Waals surface area contributed by atoms with E-state index in [0.717, 1.165) is 23.8 Å². The van der Waals surface area contributed by atoms with Crippen LogP contribution in [0.2, 0.25) is 0 Å². The third-order valence-corrected chi connectivity index (χ3v) is 5.20. The number of nitrogens with zero attached hydrogens (tertiary/aromatic N) is 2. The second kappa shape index (κ2) is 7.20. The molecule has 0 atom stereocenters. The molecule has 0 radical (unpaired) electrons. The highest BCUT2D eigenvalue weighted by atomic mass is 32.2. The van der Waals surface area contributed by atoms with E-state index < -0.39 is 32.1 Å². The number of amides is 2. The number of aromatic amines is 1. The zero-order chi connectivity index (χ0) is 21.3. The monoisotopic (exact) mass is 419 g/mol. The van der Waals surface area contributed by atoms with E-state index in [1.807, 2.05) is 5.43 Å². The fraction of sp³-hybridized carbons (Fsp3) is 0.0625. The summed E-state index contributed by atoms with van der Waals surface area (Å²) in [6.45, 7) is 1.76. The van der Waals surface area contributed by atoms with Gasteiger partial charge in [0.1, 0.15) is 0 Å². The third kappa shape index (κ3) is 3.98. The number of carbonyl (C=O) groups excluding carboxylic acids is 1. The van der Waals surface area contributed by atoms with Gasteiger partial charge in [-0.15, -0.1) is 0 Å². The number of carbonyl (C=O) groups is 1. The lowest BCUT2D eigenvalue weighted by molar-refractivity contribution is -0.384. The van der Waals surface area contributed by atoms with E-state index in [2.05, 4.69) is 4.98 Å². The van der Waals surface area contributed by atoms with E-state index in [-0.39, 0.29) is 21.6 Å². The minimum atomic E-state index is -4.24. The maximum atomic E-state index is 12.3. The Morgan fingerprint density at radius 1 is 1.14 bits per heavy atom. The zero-order valence-electron chi connectivity index (χ0n) is 14.7. The van der Waals surface area contributed by atoms with Gasteiger partial charge >= 0.3 is 17.1 Å². The number of nitrogens with one attached hydrogen (secondary N) is 3. The van der Waals surface area contributed by atoms with Crippen LogP contribution in [0.25, 0.3) is 11.0 Å². The Morgan fingerprint density at radius 3 is 2.41 bits per heavy atom. The number of aromatic nitrogens is 2. The van der Waals surface area contributed by atoms with E-state index in [4.69, 9.17) is 0 Å². The van der Waals surface area contributed by atoms with Crippen molar-refractivity contribution in [3.05, 3.63) is 78.8 Å². The van der Waals surface area contributed by atoms with E-state index in [1.165, 1.54) is 24.3 Å². The van der Waals surface area contributed by atoms with Crippen molar-refractivity contribution >= 4 is 32.8 Å². The van der Waals surface area contributed by atoms with Gasteiger partial charge in [-0.05, 0) is 25.1 Å². The first-order valence-electron chi connectivity index (χ1n) is 7.92. The number of sulfonamides is 1. The predicted octanol–water partition coefficient (Wildman–Crippen LogP) is 0.548. The number of non-ortho nitro benzene ring substituents is 1. The van der Waals surface area contributed by atoms with E-state index in [1.54, 1.807) is 11.6 Å². The van der Waals surface area contributed by atoms with Crippen LogP contribution in [-0.4, -0.2) is 29.0 Å². The van der Waals surface area contributed by atoms with Gasteiger partial charge in [-0.3, -0.25) is 19.7 Å². The molecule has 3 aromatic rings. The number of urea groups is 1. The number of hydrogen-bond donors (Lipinski definition) is 3. The van der Waals surface area contributed by atoms with Crippen LogP contribution < -0.4 is 21.3 Å². The lowest BCUT2D eigenvalue weighted by Crippen LogP contribution is -2.46. The van der Waals surface area contributed by atoms with Crippen molar-refractivity contribution in [2.45, 2.75) is 11.8 Å². The molecule has 2 amide bonds. The molecule has 0 saturated carbocycles. The molecule has 0 aliphatic rings. The van der Waals surface area contributed by atoms with Crippen molar-refractivity contribution < 1.29 is 18.1 Å². The number of hydrogen-bond acceptors (Lipinski definition) is 7. The molecule has 0 spiro atoms. The average Bonchev–Trinajstić information content (AvgIpc) is 2.64. The first-order valence-corrected chi connectivity index (χ1v) is 9.41. The molecule has 12 nitrogen and oxygen atoms in total. The highest BCUT2D eigenvalue weighted by molar-refractivity contribution is 7.90. The van der Waals surface area contributed by atoms with Crippen LogP contribution in [-0.2, 0) is 10.0 Å². The average molecular weight is 419 g/mol. The molecule has 0 aliphatic carbocycles. The van der Waals surface area contributed by atoms with Crippen LogP contribution in [0.1, 0.15) is 5.56 Å². The molecule has 13 heteroatoms. The Kier molecular flexibility index (Phi) is 4.90. The molecule has 3 rings (SSSR count). The summed E-state index contributed by atoms with van der Waals surface area (Å²) in [5, 5.41) is 10.9. The Morgan fingerprint density at radius 2 is 1.79 bits per heavy atom. The van der Waals surface area contributed by atoms with Gasteiger partial charge in [0, 0.05) is 12.1 Å². The smallest absolute Gasteiger partial charge is 0.316 e. The summed E-state index contributed by atoms with van der Waals surface area (Å²) < 4.78 is 26.8. The Labute approximate surface area is 162 Å². The molecular formula is C16H13N5O7S. The second-order valence-corrected chi connectivity index (χ2v) is 7.60. The van der Waals surface area contributed by atoms with Crippen molar-refractivity contribution in [1.29, 1.82) is 0 Å². The van der Waals surface area contributed by atoms with Crippen molar-refractivity contribution in [1.82, 2.24) is 14.4 Å². The SMILES string of the molecule is Cc1ccc(S(=O)(=O)NC(=O)Nn2c(=O)c(=O)[nH]c3cc([N+](=O)[O-])ccc32)cc1. The minimum absolute atomic E-state index is 0.0805. The van der Waals surface area contributed by atoms with E-state index >= 15 is 0 Å². The summed E-state index contributed by atoms with van der Waals surface area (Å²) in [5.74, 6) is 0. The van der Waals surface area contributed by atoms with Crippen LogP contribution in [0, 0.1) is 17.0 Å². The molecule has 3 N–H and O–H groups in total. The maximum Gasteiger partial charge on any atom is 0.347 e. The van der Waals surface area contributed by atoms with Gasteiger partial charge < -0.3 is 4.98 Å². The molecule has 29 heavy (non-hydrogen) atoms. The Balaban J connectivity index is 1.97. The summed E-state index contributed by atoms with van der Waals surface area (Å²) >= 11 is 0. The highest BCUT2D eigenvalue weighted by Crippen LogP contribution is 2.17. The summed E-state index contributed by atoms with van der Waals surface area (Å²) in [5.41, 5.74) is -0.149. The number of nitro groups is 1. The van der Waals surface area contributed by atoms with Crippen LogP contribution in [0.4, 0.5) is 10.5 Å². The molecule has 1 aromatic heterocycles. The summed E-state index contributed by atoms with van der Waals surface area (Å²) in [4.78, 5) is 48.2. The van der Waals surface area contributed by atoms with Gasteiger partial charge in [0.2, 0.25) is 0 Å². The topological polar surface area (TPSA) is 173 Å². The first kappa shape index (κ1) is 19.8. The molecule has 0 bridgehead atoms. The first-order chi connectivity index (χ1) is 13.6.